The monoisotopic (exact) mass is 327 g/mol. The van der Waals surface area contributed by atoms with Gasteiger partial charge >= 0.3 is 0 Å². The highest BCUT2D eigenvalue weighted by atomic mass is 16.5. The third-order valence-electron chi connectivity index (χ3n) is 3.48. The number of hydrogen-bond donors (Lipinski definition) is 2. The third-order valence-corrected chi connectivity index (χ3v) is 3.48. The van der Waals surface area contributed by atoms with Gasteiger partial charge in [0.1, 0.15) is 5.75 Å². The van der Waals surface area contributed by atoms with Crippen LogP contribution in [0.2, 0.25) is 0 Å². The van der Waals surface area contributed by atoms with Crippen LogP contribution in [-0.4, -0.2) is 23.4 Å². The third kappa shape index (κ3) is 4.81. The van der Waals surface area contributed by atoms with E-state index in [1.54, 1.807) is 24.3 Å². The van der Waals surface area contributed by atoms with E-state index in [1.165, 1.54) is 0 Å². The SMILES string of the molecule is CC[C@@H](NC(=O)c1ccc(OCC(N)=O)cc1)c1cccc(C)n1. The Balaban J connectivity index is 2.03. The molecule has 0 saturated carbocycles. The fourth-order valence-corrected chi connectivity index (χ4v) is 2.24. The van der Waals surface area contributed by atoms with E-state index in [0.717, 1.165) is 17.8 Å². The largest absolute Gasteiger partial charge is 0.484 e. The molecular weight excluding hydrogens is 306 g/mol. The molecule has 0 unspecified atom stereocenters. The highest BCUT2D eigenvalue weighted by Crippen LogP contribution is 2.17. The van der Waals surface area contributed by atoms with Gasteiger partial charge < -0.3 is 15.8 Å². The molecule has 0 aliphatic heterocycles. The Hall–Kier alpha value is -2.89. The van der Waals surface area contributed by atoms with E-state index < -0.39 is 5.91 Å². The molecule has 2 aromatic rings. The van der Waals surface area contributed by atoms with Crippen molar-refractivity contribution in [2.24, 2.45) is 5.73 Å². The molecule has 3 N–H and O–H groups in total. The number of nitrogens with zero attached hydrogens (tertiary/aromatic N) is 1. The molecule has 0 saturated heterocycles. The molecule has 0 spiro atoms. The Morgan fingerprint density at radius 2 is 1.92 bits per heavy atom. The molecule has 1 atom stereocenters. The van der Waals surface area contributed by atoms with Gasteiger partial charge in [-0.1, -0.05) is 13.0 Å². The first-order chi connectivity index (χ1) is 11.5. The summed E-state index contributed by atoms with van der Waals surface area (Å²) in [6, 6.07) is 12.1. The van der Waals surface area contributed by atoms with Crippen molar-refractivity contribution in [3.63, 3.8) is 0 Å². The molecule has 2 rings (SSSR count). The van der Waals surface area contributed by atoms with Crippen LogP contribution in [0.5, 0.6) is 5.75 Å². The summed E-state index contributed by atoms with van der Waals surface area (Å²) in [7, 11) is 0. The number of ether oxygens (including phenoxy) is 1. The first-order valence-electron chi connectivity index (χ1n) is 7.75. The Kier molecular flexibility index (Phi) is 5.89. The molecule has 1 aromatic heterocycles. The number of pyridine rings is 1. The summed E-state index contributed by atoms with van der Waals surface area (Å²) in [6.07, 6.45) is 0.738. The second-order valence-corrected chi connectivity index (χ2v) is 5.42. The van der Waals surface area contributed by atoms with Crippen LogP contribution in [0, 0.1) is 6.92 Å². The van der Waals surface area contributed by atoms with Gasteiger partial charge in [-0.25, -0.2) is 0 Å². The zero-order chi connectivity index (χ0) is 17.5. The number of primary amides is 1. The molecule has 6 nitrogen and oxygen atoms in total. The van der Waals surface area contributed by atoms with Crippen molar-refractivity contribution in [2.45, 2.75) is 26.3 Å². The van der Waals surface area contributed by atoms with Gasteiger partial charge in [0.2, 0.25) is 0 Å². The molecule has 0 bridgehead atoms. The van der Waals surface area contributed by atoms with Crippen molar-refractivity contribution >= 4 is 11.8 Å². The highest BCUT2D eigenvalue weighted by Gasteiger charge is 2.15. The van der Waals surface area contributed by atoms with E-state index in [-0.39, 0.29) is 18.6 Å². The number of benzene rings is 1. The number of aromatic nitrogens is 1. The first-order valence-corrected chi connectivity index (χ1v) is 7.75. The van der Waals surface area contributed by atoms with Gasteiger partial charge in [-0.3, -0.25) is 14.6 Å². The zero-order valence-corrected chi connectivity index (χ0v) is 13.8. The van der Waals surface area contributed by atoms with Gasteiger partial charge in [0.05, 0.1) is 11.7 Å². The minimum Gasteiger partial charge on any atom is -0.484 e. The average molecular weight is 327 g/mol. The molecule has 2 amide bonds. The van der Waals surface area contributed by atoms with Crippen molar-refractivity contribution in [2.75, 3.05) is 6.61 Å². The minimum absolute atomic E-state index is 0.150. The number of aryl methyl sites for hydroxylation is 1. The van der Waals surface area contributed by atoms with E-state index in [1.807, 2.05) is 32.0 Å². The predicted octanol–water partition coefficient (Wildman–Crippen LogP) is 2.14. The number of amides is 2. The predicted molar refractivity (Wildman–Crippen MR) is 90.6 cm³/mol. The van der Waals surface area contributed by atoms with Crippen LogP contribution < -0.4 is 15.8 Å². The van der Waals surface area contributed by atoms with E-state index in [0.29, 0.717) is 11.3 Å². The fourth-order valence-electron chi connectivity index (χ4n) is 2.24. The zero-order valence-electron chi connectivity index (χ0n) is 13.8. The summed E-state index contributed by atoms with van der Waals surface area (Å²) in [4.78, 5) is 27.6. The number of rotatable bonds is 7. The molecule has 6 heteroatoms. The van der Waals surface area contributed by atoms with Gasteiger partial charge in [-0.05, 0) is 49.7 Å². The van der Waals surface area contributed by atoms with Crippen LogP contribution in [0.3, 0.4) is 0 Å². The van der Waals surface area contributed by atoms with E-state index in [2.05, 4.69) is 10.3 Å². The van der Waals surface area contributed by atoms with Crippen LogP contribution in [-0.2, 0) is 4.79 Å². The van der Waals surface area contributed by atoms with Gasteiger partial charge in [0, 0.05) is 11.3 Å². The van der Waals surface area contributed by atoms with Crippen molar-refractivity contribution in [1.29, 1.82) is 0 Å². The Bertz CT molecular complexity index is 714. The van der Waals surface area contributed by atoms with Gasteiger partial charge in [0.15, 0.2) is 6.61 Å². The summed E-state index contributed by atoms with van der Waals surface area (Å²) >= 11 is 0. The molecule has 1 heterocycles. The highest BCUT2D eigenvalue weighted by molar-refractivity contribution is 5.94. The average Bonchev–Trinajstić information content (AvgIpc) is 2.58. The van der Waals surface area contributed by atoms with E-state index in [9.17, 15) is 9.59 Å². The van der Waals surface area contributed by atoms with Crippen molar-refractivity contribution in [1.82, 2.24) is 10.3 Å². The topological polar surface area (TPSA) is 94.3 Å². The lowest BCUT2D eigenvalue weighted by Gasteiger charge is -2.17. The van der Waals surface area contributed by atoms with Crippen LogP contribution in [0.15, 0.2) is 42.5 Å². The number of nitrogens with one attached hydrogen (secondary N) is 1. The smallest absolute Gasteiger partial charge is 0.255 e. The summed E-state index contributed by atoms with van der Waals surface area (Å²) in [6.45, 7) is 3.72. The molecule has 0 radical (unpaired) electrons. The number of nitrogens with two attached hydrogens (primary N) is 1. The maximum Gasteiger partial charge on any atom is 0.255 e. The lowest BCUT2D eigenvalue weighted by atomic mass is 10.1. The molecule has 1 aromatic carbocycles. The summed E-state index contributed by atoms with van der Waals surface area (Å²) < 4.78 is 5.17. The molecule has 24 heavy (non-hydrogen) atoms. The van der Waals surface area contributed by atoms with Crippen LogP contribution in [0.4, 0.5) is 0 Å². The van der Waals surface area contributed by atoms with E-state index >= 15 is 0 Å². The fraction of sp³-hybridized carbons (Fsp3) is 0.278. The van der Waals surface area contributed by atoms with Crippen LogP contribution >= 0.6 is 0 Å². The van der Waals surface area contributed by atoms with Crippen molar-refractivity contribution < 1.29 is 14.3 Å². The number of carbonyl (C=O) groups is 2. The number of carbonyl (C=O) groups excluding carboxylic acids is 2. The lowest BCUT2D eigenvalue weighted by molar-refractivity contribution is -0.119. The van der Waals surface area contributed by atoms with Gasteiger partial charge in [-0.15, -0.1) is 0 Å². The Morgan fingerprint density at radius 3 is 2.50 bits per heavy atom. The maximum atomic E-state index is 12.4. The standard InChI is InChI=1S/C18H21N3O3/c1-3-15(16-6-4-5-12(2)20-16)21-18(23)13-7-9-14(10-8-13)24-11-17(19)22/h4-10,15H,3,11H2,1-2H3,(H2,19,22)(H,21,23)/t15-/m1/s1. The molecule has 0 fully saturated rings. The molecule has 0 aliphatic rings. The second-order valence-electron chi connectivity index (χ2n) is 5.42. The van der Waals surface area contributed by atoms with Gasteiger partial charge in [-0.2, -0.15) is 0 Å². The molecular formula is C18H21N3O3. The molecule has 0 aliphatic carbocycles. The Morgan fingerprint density at radius 1 is 1.21 bits per heavy atom. The molecule has 126 valence electrons. The normalized spacial score (nSPS) is 11.6. The van der Waals surface area contributed by atoms with E-state index in [4.69, 9.17) is 10.5 Å². The number of hydrogen-bond acceptors (Lipinski definition) is 4. The summed E-state index contributed by atoms with van der Waals surface area (Å²) in [5.41, 5.74) is 7.28. The minimum atomic E-state index is -0.548. The maximum absolute atomic E-state index is 12.4. The Labute approximate surface area is 141 Å². The van der Waals surface area contributed by atoms with Crippen molar-refractivity contribution in [3.8, 4) is 5.75 Å². The first kappa shape index (κ1) is 17.5. The summed E-state index contributed by atoms with van der Waals surface area (Å²) in [5.74, 6) is -0.252. The van der Waals surface area contributed by atoms with Crippen molar-refractivity contribution in [3.05, 3.63) is 59.4 Å². The second kappa shape index (κ2) is 8.10. The van der Waals surface area contributed by atoms with Gasteiger partial charge in [0.25, 0.3) is 11.8 Å². The quantitative estimate of drug-likeness (QED) is 0.814. The van der Waals surface area contributed by atoms with Crippen LogP contribution in [0.1, 0.15) is 41.1 Å². The lowest BCUT2D eigenvalue weighted by Crippen LogP contribution is -2.28. The summed E-state index contributed by atoms with van der Waals surface area (Å²) in [5, 5.41) is 2.98. The van der Waals surface area contributed by atoms with Crippen LogP contribution in [0.25, 0.3) is 0 Å².